The largest absolute Gasteiger partial charge is 0.497 e. The van der Waals surface area contributed by atoms with Gasteiger partial charge >= 0.3 is 0 Å². The predicted octanol–water partition coefficient (Wildman–Crippen LogP) is 2.70. The van der Waals surface area contributed by atoms with E-state index in [2.05, 4.69) is 5.32 Å². The van der Waals surface area contributed by atoms with Crippen LogP contribution in [-0.4, -0.2) is 56.0 Å². The van der Waals surface area contributed by atoms with Gasteiger partial charge in [0.05, 0.1) is 20.0 Å². The molecule has 150 valence electrons. The number of amides is 2. The van der Waals surface area contributed by atoms with E-state index in [0.717, 1.165) is 43.7 Å². The lowest BCUT2D eigenvalue weighted by Crippen LogP contribution is -2.41. The van der Waals surface area contributed by atoms with E-state index < -0.39 is 0 Å². The van der Waals surface area contributed by atoms with Crippen molar-refractivity contribution in [3.8, 4) is 11.5 Å². The number of carbonyl (C=O) groups is 2. The fraction of sp³-hybridized carbons (Fsp3) is 0.600. The Labute approximate surface area is 166 Å². The Morgan fingerprint density at radius 2 is 2.11 bits per heavy atom. The minimum atomic E-state index is 0.0282. The molecule has 0 bridgehead atoms. The number of likely N-dealkylation sites (tertiary alicyclic amines) is 1. The molecule has 1 saturated heterocycles. The van der Waals surface area contributed by atoms with Gasteiger partial charge in [0.15, 0.2) is 0 Å². The second-order valence-corrected chi connectivity index (χ2v) is 7.64. The average Bonchev–Trinajstić information content (AvgIpc) is 2.70. The molecule has 27 heavy (non-hydrogen) atoms. The van der Waals surface area contributed by atoms with Gasteiger partial charge in [-0.1, -0.05) is 0 Å². The summed E-state index contributed by atoms with van der Waals surface area (Å²) in [6, 6.07) is 5.56. The van der Waals surface area contributed by atoms with Gasteiger partial charge in [-0.15, -0.1) is 0 Å². The first-order chi connectivity index (χ1) is 13.1. The van der Waals surface area contributed by atoms with Crippen molar-refractivity contribution < 1.29 is 19.1 Å². The molecule has 1 heterocycles. The quantitative estimate of drug-likeness (QED) is 0.697. The predicted molar refractivity (Wildman–Crippen MR) is 108 cm³/mol. The van der Waals surface area contributed by atoms with E-state index in [-0.39, 0.29) is 11.8 Å². The summed E-state index contributed by atoms with van der Waals surface area (Å²) in [7, 11) is 3.21. The summed E-state index contributed by atoms with van der Waals surface area (Å²) in [4.78, 5) is 26.2. The highest BCUT2D eigenvalue weighted by molar-refractivity contribution is 7.99. The van der Waals surface area contributed by atoms with E-state index in [1.165, 1.54) is 0 Å². The van der Waals surface area contributed by atoms with Gasteiger partial charge in [0.25, 0.3) is 0 Å². The Balaban J connectivity index is 1.77. The number of hydrogen-bond acceptors (Lipinski definition) is 5. The van der Waals surface area contributed by atoms with Crippen molar-refractivity contribution in [2.75, 3.05) is 39.3 Å². The fourth-order valence-corrected chi connectivity index (χ4v) is 3.79. The molecule has 0 radical (unpaired) electrons. The number of benzene rings is 1. The molecule has 0 spiro atoms. The van der Waals surface area contributed by atoms with Crippen molar-refractivity contribution in [3.63, 3.8) is 0 Å². The Kier molecular flexibility index (Phi) is 8.78. The lowest BCUT2D eigenvalue weighted by atomic mass is 9.93. The van der Waals surface area contributed by atoms with Gasteiger partial charge in [-0.2, -0.15) is 11.8 Å². The third kappa shape index (κ3) is 6.65. The number of rotatable bonds is 9. The van der Waals surface area contributed by atoms with Gasteiger partial charge in [0.1, 0.15) is 11.5 Å². The standard InChI is InChI=1S/C20H30N2O4S/c1-25-17-8-7-16(18(11-17)26-2)12-21-19(23)9-6-15-5-4-10-22(13-15)20(24)14-27-3/h7-8,11,15H,4-6,9-10,12-14H2,1-3H3,(H,21,23). The molecule has 7 heteroatoms. The van der Waals surface area contributed by atoms with Crippen LogP contribution in [0.5, 0.6) is 11.5 Å². The summed E-state index contributed by atoms with van der Waals surface area (Å²) in [6.07, 6.45) is 5.35. The van der Waals surface area contributed by atoms with Crippen molar-refractivity contribution in [1.29, 1.82) is 0 Å². The van der Waals surface area contributed by atoms with Crippen molar-refractivity contribution in [1.82, 2.24) is 10.2 Å². The molecule has 2 rings (SSSR count). The maximum Gasteiger partial charge on any atom is 0.232 e. The molecule has 1 N–H and O–H groups in total. The van der Waals surface area contributed by atoms with E-state index >= 15 is 0 Å². The Morgan fingerprint density at radius 1 is 1.30 bits per heavy atom. The van der Waals surface area contributed by atoms with Crippen LogP contribution in [0.3, 0.4) is 0 Å². The number of nitrogens with zero attached hydrogens (tertiary/aromatic N) is 1. The average molecular weight is 395 g/mol. The molecule has 0 saturated carbocycles. The van der Waals surface area contributed by atoms with E-state index in [1.807, 2.05) is 29.4 Å². The maximum absolute atomic E-state index is 12.2. The molecule has 1 aromatic carbocycles. The van der Waals surface area contributed by atoms with E-state index in [4.69, 9.17) is 9.47 Å². The monoisotopic (exact) mass is 394 g/mol. The van der Waals surface area contributed by atoms with Crippen LogP contribution in [0.1, 0.15) is 31.2 Å². The molecule has 1 fully saturated rings. The topological polar surface area (TPSA) is 67.9 Å². The number of hydrogen-bond donors (Lipinski definition) is 1. The first kappa shape index (κ1) is 21.4. The summed E-state index contributed by atoms with van der Waals surface area (Å²) >= 11 is 1.56. The Hall–Kier alpha value is -1.89. The zero-order chi connectivity index (χ0) is 19.6. The number of methoxy groups -OCH3 is 2. The van der Waals surface area contributed by atoms with E-state index in [1.54, 1.807) is 26.0 Å². The maximum atomic E-state index is 12.2. The highest BCUT2D eigenvalue weighted by Gasteiger charge is 2.23. The molecule has 1 unspecified atom stereocenters. The molecule has 1 aromatic rings. The molecule has 1 aliphatic rings. The lowest BCUT2D eigenvalue weighted by molar-refractivity contribution is -0.130. The molecular formula is C20H30N2O4S. The first-order valence-electron chi connectivity index (χ1n) is 9.31. The van der Waals surface area contributed by atoms with Gasteiger partial charge in [-0.05, 0) is 43.6 Å². The van der Waals surface area contributed by atoms with Crippen LogP contribution in [0, 0.1) is 5.92 Å². The van der Waals surface area contributed by atoms with E-state index in [9.17, 15) is 9.59 Å². The molecule has 0 aliphatic carbocycles. The number of thioether (sulfide) groups is 1. The van der Waals surface area contributed by atoms with E-state index in [0.29, 0.717) is 30.4 Å². The van der Waals surface area contributed by atoms with Gasteiger partial charge < -0.3 is 19.7 Å². The van der Waals surface area contributed by atoms with Crippen molar-refractivity contribution in [3.05, 3.63) is 23.8 Å². The zero-order valence-electron chi connectivity index (χ0n) is 16.5. The highest BCUT2D eigenvalue weighted by atomic mass is 32.2. The Bertz CT molecular complexity index is 638. The van der Waals surface area contributed by atoms with Crippen LogP contribution in [0.15, 0.2) is 18.2 Å². The SMILES string of the molecule is COc1ccc(CNC(=O)CCC2CCCN(C(=O)CSC)C2)c(OC)c1. The second-order valence-electron chi connectivity index (χ2n) is 6.77. The molecule has 6 nitrogen and oxygen atoms in total. The van der Waals surface area contributed by atoms with Crippen LogP contribution >= 0.6 is 11.8 Å². The molecule has 1 atom stereocenters. The summed E-state index contributed by atoms with van der Waals surface area (Å²) < 4.78 is 10.5. The number of ether oxygens (including phenoxy) is 2. The fourth-order valence-electron chi connectivity index (χ4n) is 3.36. The van der Waals surface area contributed by atoms with Crippen LogP contribution in [-0.2, 0) is 16.1 Å². The minimum Gasteiger partial charge on any atom is -0.497 e. The molecule has 2 amide bonds. The van der Waals surface area contributed by atoms with Crippen LogP contribution < -0.4 is 14.8 Å². The van der Waals surface area contributed by atoms with Crippen LogP contribution in [0.4, 0.5) is 0 Å². The second kappa shape index (κ2) is 11.1. The Morgan fingerprint density at radius 3 is 2.81 bits per heavy atom. The molecule has 0 aromatic heterocycles. The van der Waals surface area contributed by atoms with Crippen molar-refractivity contribution in [2.45, 2.75) is 32.2 Å². The van der Waals surface area contributed by atoms with Crippen molar-refractivity contribution >= 4 is 23.6 Å². The van der Waals surface area contributed by atoms with Gasteiger partial charge in [-0.3, -0.25) is 9.59 Å². The zero-order valence-corrected chi connectivity index (χ0v) is 17.3. The lowest BCUT2D eigenvalue weighted by Gasteiger charge is -2.32. The summed E-state index contributed by atoms with van der Waals surface area (Å²) in [5.41, 5.74) is 0.915. The van der Waals surface area contributed by atoms with Crippen LogP contribution in [0.25, 0.3) is 0 Å². The first-order valence-corrected chi connectivity index (χ1v) is 10.7. The van der Waals surface area contributed by atoms with Gasteiger partial charge in [-0.25, -0.2) is 0 Å². The molecule has 1 aliphatic heterocycles. The molecular weight excluding hydrogens is 364 g/mol. The summed E-state index contributed by atoms with van der Waals surface area (Å²) in [5, 5.41) is 2.96. The third-order valence-corrected chi connectivity index (χ3v) is 5.43. The van der Waals surface area contributed by atoms with Crippen molar-refractivity contribution in [2.24, 2.45) is 5.92 Å². The smallest absolute Gasteiger partial charge is 0.232 e. The minimum absolute atomic E-state index is 0.0282. The van der Waals surface area contributed by atoms with Gasteiger partial charge in [0, 0.05) is 37.7 Å². The summed E-state index contributed by atoms with van der Waals surface area (Å²) in [5.74, 6) is 2.61. The number of carbonyl (C=O) groups excluding carboxylic acids is 2. The third-order valence-electron chi connectivity index (χ3n) is 4.89. The van der Waals surface area contributed by atoms with Gasteiger partial charge in [0.2, 0.25) is 11.8 Å². The van der Waals surface area contributed by atoms with Crippen LogP contribution in [0.2, 0.25) is 0 Å². The number of piperidine rings is 1. The normalized spacial score (nSPS) is 16.7. The highest BCUT2D eigenvalue weighted by Crippen LogP contribution is 2.25. The summed E-state index contributed by atoms with van der Waals surface area (Å²) in [6.45, 7) is 2.05. The number of nitrogens with one attached hydrogen (secondary N) is 1.